The minimum atomic E-state index is 0.299. The van der Waals surface area contributed by atoms with Crippen molar-refractivity contribution in [3.05, 3.63) is 0 Å². The van der Waals surface area contributed by atoms with Crippen molar-refractivity contribution in [1.29, 1.82) is 0 Å². The van der Waals surface area contributed by atoms with Gasteiger partial charge in [0, 0.05) is 19.0 Å². The Kier molecular flexibility index (Phi) is 3.91. The first kappa shape index (κ1) is 10.7. The van der Waals surface area contributed by atoms with E-state index in [-0.39, 0.29) is 0 Å². The Balaban J connectivity index is 2.20. The lowest BCUT2D eigenvalue weighted by Crippen LogP contribution is -2.36. The third kappa shape index (κ3) is 3.47. The number of rotatable bonds is 5. The molecule has 76 valence electrons. The van der Waals surface area contributed by atoms with Crippen LogP contribution in [0.2, 0.25) is 0 Å². The van der Waals surface area contributed by atoms with Crippen LogP contribution in [0.1, 0.15) is 39.5 Å². The summed E-state index contributed by atoms with van der Waals surface area (Å²) in [5.41, 5.74) is 0. The molecule has 1 unspecified atom stereocenters. The average Bonchev–Trinajstić information content (AvgIpc) is 1.94. The van der Waals surface area contributed by atoms with Crippen molar-refractivity contribution in [2.24, 2.45) is 5.92 Å². The van der Waals surface area contributed by atoms with Crippen LogP contribution in [0, 0.1) is 5.92 Å². The lowest BCUT2D eigenvalue weighted by atomic mass is 9.85. The second-order valence-electron chi connectivity index (χ2n) is 4.49. The van der Waals surface area contributed by atoms with Crippen molar-refractivity contribution in [2.45, 2.75) is 45.6 Å². The van der Waals surface area contributed by atoms with Crippen LogP contribution < -0.4 is 0 Å². The number of carbonyl (C=O) groups excluding carboxylic acids is 1. The monoisotopic (exact) mass is 183 g/mol. The molecule has 0 amide bonds. The summed E-state index contributed by atoms with van der Waals surface area (Å²) < 4.78 is 0. The number of ketones is 1. The fourth-order valence-electron chi connectivity index (χ4n) is 1.83. The van der Waals surface area contributed by atoms with Crippen molar-refractivity contribution < 1.29 is 4.79 Å². The molecule has 0 aromatic carbocycles. The highest BCUT2D eigenvalue weighted by Gasteiger charge is 2.21. The Hall–Kier alpha value is -0.370. The predicted molar refractivity (Wildman–Crippen MR) is 54.7 cm³/mol. The highest BCUT2D eigenvalue weighted by molar-refractivity contribution is 5.76. The molecule has 0 aliphatic heterocycles. The Morgan fingerprint density at radius 3 is 2.54 bits per heavy atom. The standard InChI is InChI=1S/C11H21NO/c1-9(7-10(2)13)12(3)8-11-5-4-6-11/h9,11H,4-8H2,1-3H3. The van der Waals surface area contributed by atoms with E-state index in [1.165, 1.54) is 25.8 Å². The highest BCUT2D eigenvalue weighted by atomic mass is 16.1. The largest absolute Gasteiger partial charge is 0.303 e. The molecule has 0 aromatic heterocycles. The molecule has 0 saturated heterocycles. The third-order valence-electron chi connectivity index (χ3n) is 3.11. The maximum Gasteiger partial charge on any atom is 0.131 e. The Labute approximate surface area is 81.3 Å². The van der Waals surface area contributed by atoms with Crippen molar-refractivity contribution in [3.8, 4) is 0 Å². The fraction of sp³-hybridized carbons (Fsp3) is 0.909. The summed E-state index contributed by atoms with van der Waals surface area (Å²) in [6, 6.07) is 0.415. The topological polar surface area (TPSA) is 20.3 Å². The summed E-state index contributed by atoms with van der Waals surface area (Å²) in [6.07, 6.45) is 4.87. The molecule has 2 heteroatoms. The minimum Gasteiger partial charge on any atom is -0.303 e. The molecular formula is C11H21NO. The summed E-state index contributed by atoms with van der Waals surface area (Å²) in [6.45, 7) is 4.99. The molecular weight excluding hydrogens is 162 g/mol. The number of nitrogens with zero attached hydrogens (tertiary/aromatic N) is 1. The Morgan fingerprint density at radius 1 is 1.54 bits per heavy atom. The summed E-state index contributed by atoms with van der Waals surface area (Å²) in [4.78, 5) is 13.2. The first-order valence-corrected chi connectivity index (χ1v) is 5.29. The van der Waals surface area contributed by atoms with Crippen LogP contribution >= 0.6 is 0 Å². The molecule has 1 aliphatic rings. The molecule has 0 radical (unpaired) electrons. The van der Waals surface area contributed by atoms with Gasteiger partial charge in [0.2, 0.25) is 0 Å². The number of Topliss-reactive ketones (excluding diaryl/α,β-unsaturated/α-hetero) is 1. The SMILES string of the molecule is CC(=O)CC(C)N(C)CC1CCC1. The van der Waals surface area contributed by atoms with E-state index in [0.29, 0.717) is 18.2 Å². The van der Waals surface area contributed by atoms with Gasteiger partial charge in [-0.3, -0.25) is 4.79 Å². The summed E-state index contributed by atoms with van der Waals surface area (Å²) in [7, 11) is 2.13. The van der Waals surface area contributed by atoms with Crippen LogP contribution in [0.3, 0.4) is 0 Å². The number of hydrogen-bond acceptors (Lipinski definition) is 2. The van der Waals surface area contributed by atoms with Crippen molar-refractivity contribution >= 4 is 5.78 Å². The van der Waals surface area contributed by atoms with Gasteiger partial charge >= 0.3 is 0 Å². The van der Waals surface area contributed by atoms with Crippen LogP contribution in [-0.2, 0) is 4.79 Å². The van der Waals surface area contributed by atoms with Crippen LogP contribution in [-0.4, -0.2) is 30.3 Å². The maximum atomic E-state index is 10.9. The zero-order chi connectivity index (χ0) is 9.84. The van der Waals surface area contributed by atoms with Gasteiger partial charge in [0.25, 0.3) is 0 Å². The van der Waals surface area contributed by atoms with Gasteiger partial charge in [0.1, 0.15) is 5.78 Å². The minimum absolute atomic E-state index is 0.299. The molecule has 0 bridgehead atoms. The molecule has 1 aliphatic carbocycles. The quantitative estimate of drug-likeness (QED) is 0.650. The maximum absolute atomic E-state index is 10.9. The molecule has 0 aromatic rings. The van der Waals surface area contributed by atoms with E-state index in [4.69, 9.17) is 0 Å². The van der Waals surface area contributed by atoms with E-state index in [1.807, 2.05) is 0 Å². The fourth-order valence-corrected chi connectivity index (χ4v) is 1.83. The second-order valence-corrected chi connectivity index (χ2v) is 4.49. The molecule has 1 fully saturated rings. The van der Waals surface area contributed by atoms with Gasteiger partial charge in [-0.1, -0.05) is 6.42 Å². The van der Waals surface area contributed by atoms with Crippen LogP contribution in [0.15, 0.2) is 0 Å². The lowest BCUT2D eigenvalue weighted by Gasteiger charge is -2.33. The molecule has 0 heterocycles. The third-order valence-corrected chi connectivity index (χ3v) is 3.11. The smallest absolute Gasteiger partial charge is 0.131 e. The molecule has 13 heavy (non-hydrogen) atoms. The summed E-state index contributed by atoms with van der Waals surface area (Å²) >= 11 is 0. The second kappa shape index (κ2) is 4.75. The van der Waals surface area contributed by atoms with Gasteiger partial charge in [0.15, 0.2) is 0 Å². The lowest BCUT2D eigenvalue weighted by molar-refractivity contribution is -0.118. The van der Waals surface area contributed by atoms with Gasteiger partial charge < -0.3 is 4.90 Å². The zero-order valence-electron chi connectivity index (χ0n) is 9.05. The first-order valence-electron chi connectivity index (χ1n) is 5.29. The molecule has 0 N–H and O–H groups in total. The normalized spacial score (nSPS) is 20.0. The zero-order valence-corrected chi connectivity index (χ0v) is 9.05. The Morgan fingerprint density at radius 2 is 2.15 bits per heavy atom. The van der Waals surface area contributed by atoms with E-state index in [2.05, 4.69) is 18.9 Å². The van der Waals surface area contributed by atoms with Crippen LogP contribution in [0.25, 0.3) is 0 Å². The van der Waals surface area contributed by atoms with Gasteiger partial charge in [-0.25, -0.2) is 0 Å². The number of hydrogen-bond donors (Lipinski definition) is 0. The van der Waals surface area contributed by atoms with E-state index in [1.54, 1.807) is 6.92 Å². The molecule has 1 atom stereocenters. The van der Waals surface area contributed by atoms with E-state index >= 15 is 0 Å². The molecule has 0 spiro atoms. The van der Waals surface area contributed by atoms with E-state index in [9.17, 15) is 4.79 Å². The van der Waals surface area contributed by atoms with Crippen molar-refractivity contribution in [2.75, 3.05) is 13.6 Å². The van der Waals surface area contributed by atoms with Gasteiger partial charge in [-0.2, -0.15) is 0 Å². The van der Waals surface area contributed by atoms with Crippen LogP contribution in [0.5, 0.6) is 0 Å². The Bertz CT molecular complexity index is 175. The van der Waals surface area contributed by atoms with Crippen LogP contribution in [0.4, 0.5) is 0 Å². The molecule has 1 rings (SSSR count). The van der Waals surface area contributed by atoms with Crippen molar-refractivity contribution in [3.63, 3.8) is 0 Å². The summed E-state index contributed by atoms with van der Waals surface area (Å²) in [5.74, 6) is 1.20. The van der Waals surface area contributed by atoms with Crippen molar-refractivity contribution in [1.82, 2.24) is 4.90 Å². The summed E-state index contributed by atoms with van der Waals surface area (Å²) in [5, 5.41) is 0. The van der Waals surface area contributed by atoms with E-state index in [0.717, 1.165) is 5.92 Å². The van der Waals surface area contributed by atoms with Gasteiger partial charge in [-0.15, -0.1) is 0 Å². The van der Waals surface area contributed by atoms with Gasteiger partial charge in [-0.05, 0) is 39.7 Å². The highest BCUT2D eigenvalue weighted by Crippen LogP contribution is 2.27. The molecule has 1 saturated carbocycles. The molecule has 2 nitrogen and oxygen atoms in total. The average molecular weight is 183 g/mol. The van der Waals surface area contributed by atoms with E-state index < -0.39 is 0 Å². The predicted octanol–water partition coefficient (Wildman–Crippen LogP) is 2.09. The van der Waals surface area contributed by atoms with Gasteiger partial charge in [0.05, 0.1) is 0 Å². The number of carbonyl (C=O) groups is 1. The first-order chi connectivity index (χ1) is 6.09.